The Hall–Kier alpha value is -1.69. The van der Waals surface area contributed by atoms with Gasteiger partial charge in [-0.2, -0.15) is 0 Å². The predicted molar refractivity (Wildman–Crippen MR) is 77.5 cm³/mol. The van der Waals surface area contributed by atoms with Gasteiger partial charge >= 0.3 is 0 Å². The quantitative estimate of drug-likeness (QED) is 0.842. The van der Waals surface area contributed by atoms with E-state index in [1.807, 2.05) is 4.90 Å². The fourth-order valence-electron chi connectivity index (χ4n) is 3.17. The van der Waals surface area contributed by atoms with E-state index < -0.39 is 0 Å². The zero-order chi connectivity index (χ0) is 14.8. The SMILES string of the molecule is COCc1nnc2n1CCN(C(=O)C1=CCCC1)[C@@H](C)C2. The zero-order valence-electron chi connectivity index (χ0n) is 12.7. The van der Waals surface area contributed by atoms with Crippen LogP contribution in [0.3, 0.4) is 0 Å². The molecule has 2 aliphatic rings. The number of fused-ring (bicyclic) bond motifs is 1. The van der Waals surface area contributed by atoms with Crippen molar-refractivity contribution in [2.45, 2.75) is 51.8 Å². The summed E-state index contributed by atoms with van der Waals surface area (Å²) >= 11 is 0. The third-order valence-electron chi connectivity index (χ3n) is 4.33. The van der Waals surface area contributed by atoms with E-state index in [-0.39, 0.29) is 11.9 Å². The number of allylic oxidation sites excluding steroid dienone is 1. The molecule has 6 nitrogen and oxygen atoms in total. The van der Waals surface area contributed by atoms with Gasteiger partial charge < -0.3 is 14.2 Å². The molecule has 1 aliphatic heterocycles. The van der Waals surface area contributed by atoms with Crippen LogP contribution >= 0.6 is 0 Å². The molecule has 1 aromatic heterocycles. The van der Waals surface area contributed by atoms with Crippen molar-refractivity contribution in [2.75, 3.05) is 13.7 Å². The van der Waals surface area contributed by atoms with Crippen LogP contribution in [0.5, 0.6) is 0 Å². The van der Waals surface area contributed by atoms with E-state index in [0.29, 0.717) is 13.2 Å². The molecule has 0 saturated heterocycles. The molecule has 1 aromatic rings. The van der Waals surface area contributed by atoms with Gasteiger partial charge in [0.25, 0.3) is 0 Å². The minimum absolute atomic E-state index is 0.153. The lowest BCUT2D eigenvalue weighted by Crippen LogP contribution is -2.40. The van der Waals surface area contributed by atoms with Crippen LogP contribution in [-0.4, -0.2) is 45.3 Å². The third-order valence-corrected chi connectivity index (χ3v) is 4.33. The maximum atomic E-state index is 12.6. The molecule has 1 amide bonds. The highest BCUT2D eigenvalue weighted by molar-refractivity contribution is 5.94. The van der Waals surface area contributed by atoms with Crippen molar-refractivity contribution in [1.82, 2.24) is 19.7 Å². The average Bonchev–Trinajstić information content (AvgIpc) is 3.08. The van der Waals surface area contributed by atoms with Crippen molar-refractivity contribution >= 4 is 5.91 Å². The summed E-state index contributed by atoms with van der Waals surface area (Å²) in [5.41, 5.74) is 0.983. The lowest BCUT2D eigenvalue weighted by atomic mass is 10.1. The minimum Gasteiger partial charge on any atom is -0.377 e. The number of carbonyl (C=O) groups is 1. The van der Waals surface area contributed by atoms with Crippen LogP contribution in [0.25, 0.3) is 0 Å². The Labute approximate surface area is 124 Å². The third kappa shape index (κ3) is 2.72. The zero-order valence-corrected chi connectivity index (χ0v) is 12.7. The molecule has 0 saturated carbocycles. The van der Waals surface area contributed by atoms with Gasteiger partial charge in [-0.3, -0.25) is 4.79 Å². The van der Waals surface area contributed by atoms with Crippen LogP contribution in [0.4, 0.5) is 0 Å². The van der Waals surface area contributed by atoms with Gasteiger partial charge in [-0.15, -0.1) is 10.2 Å². The summed E-state index contributed by atoms with van der Waals surface area (Å²) in [6, 6.07) is 0.153. The van der Waals surface area contributed by atoms with Gasteiger partial charge in [0.05, 0.1) is 0 Å². The second-order valence-electron chi connectivity index (χ2n) is 5.79. The number of hydrogen-bond acceptors (Lipinski definition) is 4. The van der Waals surface area contributed by atoms with Crippen molar-refractivity contribution in [3.8, 4) is 0 Å². The van der Waals surface area contributed by atoms with Crippen LogP contribution in [0, 0.1) is 0 Å². The first-order valence-electron chi connectivity index (χ1n) is 7.60. The van der Waals surface area contributed by atoms with E-state index in [2.05, 4.69) is 27.8 Å². The van der Waals surface area contributed by atoms with Crippen molar-refractivity contribution in [3.63, 3.8) is 0 Å². The summed E-state index contributed by atoms with van der Waals surface area (Å²) in [4.78, 5) is 14.6. The highest BCUT2D eigenvalue weighted by Gasteiger charge is 2.29. The normalized spacial score (nSPS) is 21.9. The van der Waals surface area contributed by atoms with Crippen molar-refractivity contribution < 1.29 is 9.53 Å². The summed E-state index contributed by atoms with van der Waals surface area (Å²) < 4.78 is 7.26. The molecule has 0 spiro atoms. The number of amides is 1. The molecular formula is C15H22N4O2. The molecule has 3 rings (SSSR count). The maximum Gasteiger partial charge on any atom is 0.249 e. The van der Waals surface area contributed by atoms with Gasteiger partial charge in [0.15, 0.2) is 5.82 Å². The molecule has 114 valence electrons. The molecule has 0 unspecified atom stereocenters. The van der Waals surface area contributed by atoms with Crippen LogP contribution in [0.1, 0.15) is 37.8 Å². The van der Waals surface area contributed by atoms with Crippen LogP contribution in [-0.2, 0) is 29.1 Å². The van der Waals surface area contributed by atoms with Crippen molar-refractivity contribution in [1.29, 1.82) is 0 Å². The lowest BCUT2D eigenvalue weighted by molar-refractivity contribution is -0.129. The Morgan fingerprint density at radius 1 is 1.43 bits per heavy atom. The standard InChI is InChI=1S/C15H22N4O2/c1-11-9-13-16-17-14(10-21-2)19(13)8-7-18(11)15(20)12-5-3-4-6-12/h5,11H,3-4,6-10H2,1-2H3/t11-/m0/s1. The van der Waals surface area contributed by atoms with Crippen LogP contribution in [0.2, 0.25) is 0 Å². The summed E-state index contributed by atoms with van der Waals surface area (Å²) in [5.74, 6) is 1.99. The number of rotatable bonds is 3. The Morgan fingerprint density at radius 3 is 3.00 bits per heavy atom. The van der Waals surface area contributed by atoms with E-state index in [9.17, 15) is 4.79 Å². The monoisotopic (exact) mass is 290 g/mol. The van der Waals surface area contributed by atoms with Gasteiger partial charge in [0, 0.05) is 38.2 Å². The van der Waals surface area contributed by atoms with E-state index in [4.69, 9.17) is 4.74 Å². The Bertz CT molecular complexity index is 564. The second-order valence-corrected chi connectivity index (χ2v) is 5.79. The number of hydrogen-bond donors (Lipinski definition) is 0. The largest absolute Gasteiger partial charge is 0.377 e. The fraction of sp³-hybridized carbons (Fsp3) is 0.667. The van der Waals surface area contributed by atoms with E-state index >= 15 is 0 Å². The number of methoxy groups -OCH3 is 1. The molecule has 6 heteroatoms. The summed E-state index contributed by atoms with van der Waals surface area (Å²) in [6.45, 7) is 4.00. The van der Waals surface area contributed by atoms with E-state index in [1.54, 1.807) is 7.11 Å². The first kappa shape index (κ1) is 14.3. The molecule has 1 aliphatic carbocycles. The van der Waals surface area contributed by atoms with Crippen molar-refractivity contribution in [2.24, 2.45) is 0 Å². The molecule has 0 N–H and O–H groups in total. The van der Waals surface area contributed by atoms with E-state index in [1.165, 1.54) is 0 Å². The molecule has 0 radical (unpaired) electrons. The molecule has 21 heavy (non-hydrogen) atoms. The predicted octanol–water partition coefficient (Wildman–Crippen LogP) is 1.31. The van der Waals surface area contributed by atoms with E-state index in [0.717, 1.165) is 49.4 Å². The summed E-state index contributed by atoms with van der Waals surface area (Å²) in [6.07, 6.45) is 5.90. The first-order valence-corrected chi connectivity index (χ1v) is 7.60. The molecule has 0 fully saturated rings. The Kier molecular flexibility index (Phi) is 4.05. The van der Waals surface area contributed by atoms with Gasteiger partial charge in [-0.05, 0) is 26.2 Å². The lowest BCUT2D eigenvalue weighted by Gasteiger charge is -2.27. The fourth-order valence-corrected chi connectivity index (χ4v) is 3.17. The topological polar surface area (TPSA) is 60.3 Å². The first-order chi connectivity index (χ1) is 10.2. The van der Waals surface area contributed by atoms with Gasteiger partial charge in [0.1, 0.15) is 12.4 Å². The molecule has 2 heterocycles. The number of carbonyl (C=O) groups excluding carboxylic acids is 1. The van der Waals surface area contributed by atoms with Gasteiger partial charge in [-0.1, -0.05) is 6.08 Å². The summed E-state index contributed by atoms with van der Waals surface area (Å²) in [7, 11) is 1.66. The highest BCUT2D eigenvalue weighted by atomic mass is 16.5. The maximum absolute atomic E-state index is 12.6. The Morgan fingerprint density at radius 2 is 2.29 bits per heavy atom. The van der Waals surface area contributed by atoms with Crippen LogP contribution < -0.4 is 0 Å². The number of nitrogens with zero attached hydrogens (tertiary/aromatic N) is 4. The number of aromatic nitrogens is 3. The molecule has 1 atom stereocenters. The van der Waals surface area contributed by atoms with Gasteiger partial charge in [0.2, 0.25) is 5.91 Å². The summed E-state index contributed by atoms with van der Waals surface area (Å²) in [5, 5.41) is 8.44. The second kappa shape index (κ2) is 5.97. The number of ether oxygens (including phenoxy) is 1. The smallest absolute Gasteiger partial charge is 0.249 e. The molecular weight excluding hydrogens is 268 g/mol. The van der Waals surface area contributed by atoms with Crippen LogP contribution in [0.15, 0.2) is 11.6 Å². The van der Waals surface area contributed by atoms with Crippen molar-refractivity contribution in [3.05, 3.63) is 23.3 Å². The average molecular weight is 290 g/mol. The highest BCUT2D eigenvalue weighted by Crippen LogP contribution is 2.23. The van der Waals surface area contributed by atoms with Gasteiger partial charge in [-0.25, -0.2) is 0 Å². The minimum atomic E-state index is 0.153. The Balaban J connectivity index is 1.78. The molecule has 0 aromatic carbocycles. The molecule has 0 bridgehead atoms.